The molecule has 11 heavy (non-hydrogen) atoms. The first-order chi connectivity index (χ1) is 4.95. The van der Waals surface area contributed by atoms with Gasteiger partial charge < -0.3 is 10.7 Å². The van der Waals surface area contributed by atoms with Gasteiger partial charge in [-0.2, -0.15) is 0 Å². The molecule has 0 unspecified atom stereocenters. The van der Waals surface area contributed by atoms with Gasteiger partial charge >= 0.3 is 0 Å². The molecule has 0 aromatic heterocycles. The third kappa shape index (κ3) is 7.41. The second kappa shape index (κ2) is 4.40. The van der Waals surface area contributed by atoms with Gasteiger partial charge in [0, 0.05) is 13.0 Å². The monoisotopic (exact) mass is 183 g/mol. The van der Waals surface area contributed by atoms with E-state index in [0.29, 0.717) is 0 Å². The van der Waals surface area contributed by atoms with Crippen LogP contribution < -0.4 is 16.6 Å². The Morgan fingerprint density at radius 3 is 2.55 bits per heavy atom. The van der Waals surface area contributed by atoms with Gasteiger partial charge in [-0.1, -0.05) is 0 Å². The van der Waals surface area contributed by atoms with Crippen LogP contribution in [0.4, 0.5) is 8.78 Å². The van der Waals surface area contributed by atoms with Crippen LogP contribution in [0, 0.1) is 0 Å². The number of hydrogen-bond acceptors (Lipinski definition) is 2. The van der Waals surface area contributed by atoms with Crippen molar-refractivity contribution in [3.63, 3.8) is 0 Å². The van der Waals surface area contributed by atoms with E-state index in [4.69, 9.17) is 5.84 Å². The molecule has 0 aliphatic heterocycles. The molecule has 0 atom stereocenters. The summed E-state index contributed by atoms with van der Waals surface area (Å²) in [5.41, 5.74) is 2.13. The zero-order chi connectivity index (χ0) is 8.91. The van der Waals surface area contributed by atoms with Gasteiger partial charge in [0.2, 0.25) is 5.92 Å². The molecule has 0 aliphatic rings. The maximum absolute atomic E-state index is 12.1. The summed E-state index contributed by atoms with van der Waals surface area (Å²) in [5, 5.41) is 2.68. The largest absolute Gasteiger partial charge is 0.361 e. The van der Waals surface area contributed by atoms with Gasteiger partial charge in [0.05, 0.1) is 0 Å². The fourth-order valence-corrected chi connectivity index (χ4v) is 0.549. The van der Waals surface area contributed by atoms with Crippen LogP contribution in [0.25, 0.3) is 0 Å². The fourth-order valence-electron chi connectivity index (χ4n) is 0.447. The summed E-state index contributed by atoms with van der Waals surface area (Å²) >= 11 is 4.55. The Balaban J connectivity index is 3.35. The number of hydrogen-bond donors (Lipinski definition) is 3. The lowest BCUT2D eigenvalue weighted by molar-refractivity contribution is 0.0145. The minimum atomic E-state index is -2.66. The number of hydrazine groups is 1. The van der Waals surface area contributed by atoms with Crippen LogP contribution in [0.3, 0.4) is 0 Å². The highest BCUT2D eigenvalue weighted by atomic mass is 32.1. The number of thiocarbonyl (C=S) groups is 1. The highest BCUT2D eigenvalue weighted by Gasteiger charge is 2.19. The lowest BCUT2D eigenvalue weighted by Gasteiger charge is -2.11. The lowest BCUT2D eigenvalue weighted by atomic mass is 10.3. The van der Waals surface area contributed by atoms with Crippen molar-refractivity contribution in [2.45, 2.75) is 19.3 Å². The highest BCUT2D eigenvalue weighted by molar-refractivity contribution is 7.80. The molecule has 0 fully saturated rings. The Labute approximate surface area is 69.3 Å². The molecule has 0 rings (SSSR count). The highest BCUT2D eigenvalue weighted by Crippen LogP contribution is 2.14. The van der Waals surface area contributed by atoms with Gasteiger partial charge in [0.1, 0.15) is 0 Å². The average Bonchev–Trinajstić information content (AvgIpc) is 1.85. The number of alkyl halides is 2. The van der Waals surface area contributed by atoms with Crippen molar-refractivity contribution in [3.8, 4) is 0 Å². The van der Waals surface area contributed by atoms with Crippen LogP contribution in [0.15, 0.2) is 0 Å². The van der Waals surface area contributed by atoms with Crippen LogP contribution >= 0.6 is 12.2 Å². The topological polar surface area (TPSA) is 50.1 Å². The van der Waals surface area contributed by atoms with Crippen molar-refractivity contribution in [2.75, 3.05) is 6.54 Å². The van der Waals surface area contributed by atoms with Crippen LogP contribution in [0.5, 0.6) is 0 Å². The molecule has 66 valence electrons. The van der Waals surface area contributed by atoms with E-state index in [1.54, 1.807) is 0 Å². The van der Waals surface area contributed by atoms with Crippen molar-refractivity contribution in [3.05, 3.63) is 0 Å². The van der Waals surface area contributed by atoms with E-state index in [2.05, 4.69) is 23.0 Å². The van der Waals surface area contributed by atoms with Gasteiger partial charge in [0.25, 0.3) is 0 Å². The van der Waals surface area contributed by atoms with Gasteiger partial charge in [-0.3, -0.25) is 0 Å². The number of nitrogens with two attached hydrogens (primary N) is 1. The Morgan fingerprint density at radius 2 is 2.18 bits per heavy atom. The van der Waals surface area contributed by atoms with Crippen LogP contribution in [-0.2, 0) is 0 Å². The molecule has 0 aromatic carbocycles. The second-order valence-electron chi connectivity index (χ2n) is 2.22. The zero-order valence-electron chi connectivity index (χ0n) is 6.16. The van der Waals surface area contributed by atoms with Gasteiger partial charge in [-0.15, -0.1) is 0 Å². The van der Waals surface area contributed by atoms with E-state index in [0.717, 1.165) is 6.92 Å². The quantitative estimate of drug-likeness (QED) is 0.336. The normalized spacial score (nSPS) is 10.9. The SMILES string of the molecule is CC(F)(F)CCNC(=S)NN. The first-order valence-corrected chi connectivity index (χ1v) is 3.49. The molecule has 0 aromatic rings. The molecule has 3 nitrogen and oxygen atoms in total. The summed E-state index contributed by atoms with van der Waals surface area (Å²) in [4.78, 5) is 0. The maximum Gasteiger partial charge on any atom is 0.247 e. The molecule has 0 amide bonds. The molecule has 0 saturated carbocycles. The number of halogens is 2. The van der Waals surface area contributed by atoms with E-state index in [-0.39, 0.29) is 18.1 Å². The standard InChI is InChI=1S/C5H11F2N3S/c1-5(6,7)2-3-9-4(11)10-8/h2-3,8H2,1H3,(H2,9,10,11). The fraction of sp³-hybridized carbons (Fsp3) is 0.800. The molecule has 0 heterocycles. The Bertz CT molecular complexity index is 134. The maximum atomic E-state index is 12.1. The van der Waals surface area contributed by atoms with Gasteiger partial charge in [0.15, 0.2) is 5.11 Å². The van der Waals surface area contributed by atoms with Crippen molar-refractivity contribution in [2.24, 2.45) is 5.84 Å². The summed E-state index contributed by atoms with van der Waals surface area (Å²) in [6.07, 6.45) is -0.255. The lowest BCUT2D eigenvalue weighted by Crippen LogP contribution is -2.40. The zero-order valence-corrected chi connectivity index (χ0v) is 6.97. The van der Waals surface area contributed by atoms with E-state index in [1.807, 2.05) is 0 Å². The van der Waals surface area contributed by atoms with Crippen molar-refractivity contribution in [1.82, 2.24) is 10.7 Å². The third-order valence-electron chi connectivity index (χ3n) is 0.981. The van der Waals surface area contributed by atoms with E-state index in [1.165, 1.54) is 0 Å². The summed E-state index contributed by atoms with van der Waals surface area (Å²) in [5.74, 6) is 2.23. The Kier molecular flexibility index (Phi) is 4.20. The average molecular weight is 183 g/mol. The molecule has 0 saturated heterocycles. The van der Waals surface area contributed by atoms with Gasteiger partial charge in [-0.05, 0) is 19.1 Å². The van der Waals surface area contributed by atoms with Crippen molar-refractivity contribution >= 4 is 17.3 Å². The van der Waals surface area contributed by atoms with E-state index < -0.39 is 5.92 Å². The van der Waals surface area contributed by atoms with Crippen molar-refractivity contribution in [1.29, 1.82) is 0 Å². The van der Waals surface area contributed by atoms with E-state index in [9.17, 15) is 8.78 Å². The molecule has 0 radical (unpaired) electrons. The molecule has 4 N–H and O–H groups in total. The summed E-state index contributed by atoms with van der Waals surface area (Å²) in [7, 11) is 0. The molecule has 0 bridgehead atoms. The second-order valence-corrected chi connectivity index (χ2v) is 2.63. The smallest absolute Gasteiger partial charge is 0.247 e. The number of nitrogens with one attached hydrogen (secondary N) is 2. The molecule has 0 aliphatic carbocycles. The van der Waals surface area contributed by atoms with Crippen LogP contribution in [0.2, 0.25) is 0 Å². The minimum absolute atomic E-state index is 0.118. The molecular weight excluding hydrogens is 172 g/mol. The molecular formula is C5H11F2N3S. The predicted molar refractivity (Wildman–Crippen MR) is 43.2 cm³/mol. The minimum Gasteiger partial charge on any atom is -0.361 e. The predicted octanol–water partition coefficient (Wildman–Crippen LogP) is 0.370. The Morgan fingerprint density at radius 1 is 1.64 bits per heavy atom. The molecule has 6 heteroatoms. The summed E-state index contributed by atoms with van der Waals surface area (Å²) < 4.78 is 24.3. The van der Waals surface area contributed by atoms with E-state index >= 15 is 0 Å². The Hall–Kier alpha value is -0.490. The van der Waals surface area contributed by atoms with Gasteiger partial charge in [-0.25, -0.2) is 14.6 Å². The van der Waals surface area contributed by atoms with Crippen LogP contribution in [0.1, 0.15) is 13.3 Å². The summed E-state index contributed by atoms with van der Waals surface area (Å²) in [6, 6.07) is 0. The first kappa shape index (κ1) is 10.5. The molecule has 0 spiro atoms. The summed E-state index contributed by atoms with van der Waals surface area (Å²) in [6.45, 7) is 0.972. The van der Waals surface area contributed by atoms with Crippen molar-refractivity contribution < 1.29 is 8.78 Å². The number of rotatable bonds is 3. The first-order valence-electron chi connectivity index (χ1n) is 3.08. The van der Waals surface area contributed by atoms with Crippen LogP contribution in [-0.4, -0.2) is 17.6 Å². The third-order valence-corrected chi connectivity index (χ3v) is 1.24.